The Hall–Kier alpha value is -4.46. The lowest BCUT2D eigenvalue weighted by Crippen LogP contribution is -2.49. The monoisotopic (exact) mass is 538 g/mol. The predicted octanol–water partition coefficient (Wildman–Crippen LogP) is 4.09. The third-order valence-electron chi connectivity index (χ3n) is 8.36. The van der Waals surface area contributed by atoms with Gasteiger partial charge in [-0.15, -0.1) is 0 Å². The molecule has 40 heavy (non-hydrogen) atoms. The highest BCUT2D eigenvalue weighted by atomic mass is 16.5. The van der Waals surface area contributed by atoms with E-state index in [9.17, 15) is 19.2 Å². The zero-order chi connectivity index (χ0) is 28.1. The average Bonchev–Trinajstić information content (AvgIpc) is 3.22. The Labute approximate surface area is 232 Å². The highest BCUT2D eigenvalue weighted by Gasteiger charge is 2.63. The Bertz CT molecular complexity index is 1420. The molecule has 1 heterocycles. The molecule has 3 aromatic carbocycles. The number of benzene rings is 3. The fraction of sp³-hybridized carbons (Fsp3) is 0.312. The number of nitrogens with zero attached hydrogens (tertiary/aromatic N) is 1. The highest BCUT2D eigenvalue weighted by Crippen LogP contribution is 2.61. The van der Waals surface area contributed by atoms with E-state index in [1.807, 2.05) is 48.5 Å². The lowest BCUT2D eigenvalue weighted by Gasteiger charge is -2.45. The van der Waals surface area contributed by atoms with E-state index in [4.69, 9.17) is 9.47 Å². The number of anilines is 1. The number of amides is 3. The molecular formula is C32H30N2O6. The maximum absolute atomic E-state index is 14.1. The Morgan fingerprint density at radius 1 is 0.800 bits per heavy atom. The molecule has 204 valence electrons. The van der Waals surface area contributed by atoms with Gasteiger partial charge in [0.15, 0.2) is 6.61 Å². The Kier molecular flexibility index (Phi) is 6.41. The van der Waals surface area contributed by atoms with Gasteiger partial charge in [-0.25, -0.2) is 4.79 Å². The van der Waals surface area contributed by atoms with Gasteiger partial charge in [-0.2, -0.15) is 0 Å². The summed E-state index contributed by atoms with van der Waals surface area (Å²) in [6.45, 7) is 2.97. The second kappa shape index (κ2) is 9.93. The van der Waals surface area contributed by atoms with E-state index >= 15 is 0 Å². The van der Waals surface area contributed by atoms with Gasteiger partial charge in [-0.1, -0.05) is 74.5 Å². The summed E-state index contributed by atoms with van der Waals surface area (Å²) in [6, 6.07) is 21.7. The van der Waals surface area contributed by atoms with Gasteiger partial charge in [0, 0.05) is 11.8 Å². The first-order valence-electron chi connectivity index (χ1n) is 13.5. The molecule has 0 radical (unpaired) electrons. The molecule has 8 nitrogen and oxygen atoms in total. The topological polar surface area (TPSA) is 102 Å². The summed E-state index contributed by atoms with van der Waals surface area (Å²) in [5.41, 5.74) is 4.69. The summed E-state index contributed by atoms with van der Waals surface area (Å²) >= 11 is 0. The summed E-state index contributed by atoms with van der Waals surface area (Å²) in [4.78, 5) is 55.2. The number of likely N-dealkylation sites (tertiary alicyclic amines) is 1. The lowest BCUT2D eigenvalue weighted by atomic mass is 9.55. The standard InChI is InChI=1S/C32H30N2O6/c1-17(2)29(32(38)40-16-24(35)33-22-14-8-9-15-23(22)39-3)34-30(36)27-25-18-10-4-5-11-19(18)26(28(27)31(34)37)21-13-7-6-12-20(21)25/h4-15,17,25-29H,16H2,1-3H3,(H,33,35)/t25?,26?,27-,28+,29-/m1/s1. The number of hydrogen-bond acceptors (Lipinski definition) is 6. The first kappa shape index (κ1) is 25.8. The molecule has 2 bridgehead atoms. The molecule has 1 saturated heterocycles. The smallest absolute Gasteiger partial charge is 0.330 e. The van der Waals surface area contributed by atoms with E-state index in [1.165, 1.54) is 7.11 Å². The van der Waals surface area contributed by atoms with E-state index < -0.39 is 42.3 Å². The minimum atomic E-state index is -1.14. The molecule has 0 spiro atoms. The maximum atomic E-state index is 14.1. The van der Waals surface area contributed by atoms with Crippen molar-refractivity contribution in [2.45, 2.75) is 31.7 Å². The number of carbonyl (C=O) groups is 4. The van der Waals surface area contributed by atoms with E-state index in [0.29, 0.717) is 11.4 Å². The Morgan fingerprint density at radius 2 is 1.27 bits per heavy atom. The number of ether oxygens (including phenoxy) is 2. The van der Waals surface area contributed by atoms with Crippen molar-refractivity contribution in [1.29, 1.82) is 0 Å². The first-order valence-corrected chi connectivity index (χ1v) is 13.5. The van der Waals surface area contributed by atoms with Crippen LogP contribution in [0.15, 0.2) is 72.8 Å². The van der Waals surface area contributed by atoms with Gasteiger partial charge < -0.3 is 14.8 Å². The average molecular weight is 539 g/mol. The minimum Gasteiger partial charge on any atom is -0.495 e. The quantitative estimate of drug-likeness (QED) is 0.359. The summed E-state index contributed by atoms with van der Waals surface area (Å²) in [6.07, 6.45) is 0. The molecule has 8 heteroatoms. The van der Waals surface area contributed by atoms with E-state index in [0.717, 1.165) is 27.2 Å². The van der Waals surface area contributed by atoms with Crippen molar-refractivity contribution in [2.75, 3.05) is 19.0 Å². The summed E-state index contributed by atoms with van der Waals surface area (Å²) in [7, 11) is 1.49. The summed E-state index contributed by atoms with van der Waals surface area (Å²) < 4.78 is 10.6. The van der Waals surface area contributed by atoms with Crippen LogP contribution in [0.5, 0.6) is 5.75 Å². The molecule has 1 N–H and O–H groups in total. The van der Waals surface area contributed by atoms with Gasteiger partial charge in [0.1, 0.15) is 11.8 Å². The van der Waals surface area contributed by atoms with Crippen molar-refractivity contribution in [1.82, 2.24) is 4.90 Å². The second-order valence-electron chi connectivity index (χ2n) is 10.9. The van der Waals surface area contributed by atoms with Crippen molar-refractivity contribution in [3.63, 3.8) is 0 Å². The van der Waals surface area contributed by atoms with Crippen LogP contribution < -0.4 is 10.1 Å². The molecule has 1 aliphatic heterocycles. The maximum Gasteiger partial charge on any atom is 0.330 e. The van der Waals surface area contributed by atoms with Crippen molar-refractivity contribution in [3.05, 3.63) is 95.1 Å². The van der Waals surface area contributed by atoms with Crippen LogP contribution in [-0.4, -0.2) is 48.3 Å². The third-order valence-corrected chi connectivity index (χ3v) is 8.36. The van der Waals surface area contributed by atoms with Crippen LogP contribution >= 0.6 is 0 Å². The molecule has 3 aromatic rings. The van der Waals surface area contributed by atoms with Gasteiger partial charge in [0.2, 0.25) is 11.8 Å². The SMILES string of the molecule is COc1ccccc1NC(=O)COC(=O)[C@@H](C(C)C)N1C(=O)[C@@H]2C3c4ccccc4C(c4ccccc43)[C@@H]2C1=O. The fourth-order valence-corrected chi connectivity index (χ4v) is 6.81. The molecular weight excluding hydrogens is 508 g/mol. The largest absolute Gasteiger partial charge is 0.495 e. The van der Waals surface area contributed by atoms with Gasteiger partial charge in [-0.3, -0.25) is 19.3 Å². The number of hydrogen-bond donors (Lipinski definition) is 1. The number of carbonyl (C=O) groups excluding carboxylic acids is 4. The molecule has 0 saturated carbocycles. The molecule has 3 atom stereocenters. The Morgan fingerprint density at radius 3 is 1.75 bits per heavy atom. The molecule has 4 aliphatic rings. The number of imide groups is 1. The van der Waals surface area contributed by atoms with Crippen LogP contribution in [0.4, 0.5) is 5.69 Å². The number of rotatable bonds is 7. The Balaban J connectivity index is 1.26. The van der Waals surface area contributed by atoms with Crippen LogP contribution in [0, 0.1) is 17.8 Å². The molecule has 0 aromatic heterocycles. The third kappa shape index (κ3) is 3.89. The molecule has 0 unspecified atom stereocenters. The van der Waals surface area contributed by atoms with Crippen LogP contribution in [0.25, 0.3) is 0 Å². The van der Waals surface area contributed by atoms with E-state index in [-0.39, 0.29) is 23.7 Å². The van der Waals surface area contributed by atoms with Crippen molar-refractivity contribution in [2.24, 2.45) is 17.8 Å². The van der Waals surface area contributed by atoms with E-state index in [1.54, 1.807) is 38.1 Å². The fourth-order valence-electron chi connectivity index (χ4n) is 6.81. The van der Waals surface area contributed by atoms with Crippen molar-refractivity contribution < 1.29 is 28.7 Å². The molecule has 3 amide bonds. The van der Waals surface area contributed by atoms with Gasteiger partial charge in [-0.05, 0) is 40.3 Å². The number of esters is 1. The van der Waals surface area contributed by atoms with Crippen LogP contribution in [-0.2, 0) is 23.9 Å². The highest BCUT2D eigenvalue weighted by molar-refractivity contribution is 6.10. The summed E-state index contributed by atoms with van der Waals surface area (Å²) in [5, 5.41) is 2.66. The van der Waals surface area contributed by atoms with E-state index in [2.05, 4.69) is 5.32 Å². The van der Waals surface area contributed by atoms with Gasteiger partial charge >= 0.3 is 5.97 Å². The van der Waals surface area contributed by atoms with Crippen molar-refractivity contribution in [3.8, 4) is 5.75 Å². The molecule has 7 rings (SSSR count). The summed E-state index contributed by atoms with van der Waals surface area (Å²) in [5.74, 6) is -3.72. The lowest BCUT2D eigenvalue weighted by molar-refractivity contribution is -0.162. The normalized spacial score (nSPS) is 22.9. The zero-order valence-electron chi connectivity index (χ0n) is 22.5. The molecule has 1 fully saturated rings. The number of para-hydroxylation sites is 2. The second-order valence-corrected chi connectivity index (χ2v) is 10.9. The van der Waals surface area contributed by atoms with Crippen LogP contribution in [0.2, 0.25) is 0 Å². The molecule has 3 aliphatic carbocycles. The van der Waals surface area contributed by atoms with Crippen LogP contribution in [0.1, 0.15) is 47.9 Å². The zero-order valence-corrected chi connectivity index (χ0v) is 22.5. The number of methoxy groups -OCH3 is 1. The predicted molar refractivity (Wildman–Crippen MR) is 147 cm³/mol. The minimum absolute atomic E-state index is 0.265. The number of nitrogens with one attached hydrogen (secondary N) is 1. The van der Waals surface area contributed by atoms with Gasteiger partial charge in [0.05, 0.1) is 24.6 Å². The first-order chi connectivity index (χ1) is 19.3. The van der Waals surface area contributed by atoms with Crippen molar-refractivity contribution >= 4 is 29.4 Å². The van der Waals surface area contributed by atoms with Gasteiger partial charge in [0.25, 0.3) is 5.91 Å². The van der Waals surface area contributed by atoms with Crippen LogP contribution in [0.3, 0.4) is 0 Å².